The lowest BCUT2D eigenvalue weighted by molar-refractivity contribution is -0.111. The Morgan fingerprint density at radius 1 is 1.43 bits per heavy atom. The van der Waals surface area contributed by atoms with E-state index in [9.17, 15) is 4.79 Å². The Bertz CT molecular complexity index is 340. The van der Waals surface area contributed by atoms with Gasteiger partial charge >= 0.3 is 0 Å². The Morgan fingerprint density at radius 2 is 2.21 bits per heavy atom. The molecule has 0 unspecified atom stereocenters. The van der Waals surface area contributed by atoms with E-state index >= 15 is 0 Å². The molecule has 3 heteroatoms. The van der Waals surface area contributed by atoms with Crippen molar-refractivity contribution < 1.29 is 4.79 Å². The van der Waals surface area contributed by atoms with Gasteiger partial charge in [0, 0.05) is 16.9 Å². The van der Waals surface area contributed by atoms with E-state index in [1.54, 1.807) is 0 Å². The third-order valence-corrected chi connectivity index (χ3v) is 3.12. The van der Waals surface area contributed by atoms with Crippen LogP contribution in [0.2, 0.25) is 0 Å². The smallest absolute Gasteiger partial charge is 0.125 e. The molecule has 2 atom stereocenters. The summed E-state index contributed by atoms with van der Waals surface area (Å²) >= 11 is 4.40. The minimum absolute atomic E-state index is 0.100. The van der Waals surface area contributed by atoms with Crippen LogP contribution >= 0.6 is 12.6 Å². The zero-order chi connectivity index (χ0) is 9.97. The number of benzene rings is 1. The fourth-order valence-electron chi connectivity index (χ4n) is 1.96. The van der Waals surface area contributed by atoms with Gasteiger partial charge in [0.1, 0.15) is 6.29 Å². The molecular formula is C11H13NOS. The highest BCUT2D eigenvalue weighted by atomic mass is 32.1. The van der Waals surface area contributed by atoms with Crippen LogP contribution in [0.1, 0.15) is 18.0 Å². The molecule has 0 spiro atoms. The summed E-state index contributed by atoms with van der Waals surface area (Å²) in [5.41, 5.74) is 1.13. The summed E-state index contributed by atoms with van der Waals surface area (Å²) in [6.07, 6.45) is 1.97. The second kappa shape index (κ2) is 4.15. The van der Waals surface area contributed by atoms with Gasteiger partial charge in [-0.2, -0.15) is 0 Å². The first kappa shape index (κ1) is 9.74. The van der Waals surface area contributed by atoms with Crippen LogP contribution in [0.5, 0.6) is 0 Å². The molecule has 1 aliphatic rings. The van der Waals surface area contributed by atoms with Crippen LogP contribution in [0, 0.1) is 5.92 Å². The van der Waals surface area contributed by atoms with E-state index in [2.05, 4.69) is 17.9 Å². The van der Waals surface area contributed by atoms with Gasteiger partial charge < -0.3 is 10.1 Å². The molecule has 0 bridgehead atoms. The quantitative estimate of drug-likeness (QED) is 0.572. The van der Waals surface area contributed by atoms with E-state index < -0.39 is 0 Å². The molecule has 1 fully saturated rings. The van der Waals surface area contributed by atoms with Crippen molar-refractivity contribution in [2.75, 3.05) is 6.54 Å². The Kier molecular flexibility index (Phi) is 2.89. The van der Waals surface area contributed by atoms with Crippen molar-refractivity contribution in [2.24, 2.45) is 5.92 Å². The lowest BCUT2D eigenvalue weighted by Crippen LogP contribution is -2.19. The number of hydrogen-bond acceptors (Lipinski definition) is 3. The summed E-state index contributed by atoms with van der Waals surface area (Å²) in [6.45, 7) is 0.913. The van der Waals surface area contributed by atoms with Crippen LogP contribution in [0.15, 0.2) is 29.2 Å². The van der Waals surface area contributed by atoms with Crippen molar-refractivity contribution in [3.8, 4) is 0 Å². The first-order valence-electron chi connectivity index (χ1n) is 4.79. The first-order valence-corrected chi connectivity index (χ1v) is 5.24. The topological polar surface area (TPSA) is 29.1 Å². The predicted molar refractivity (Wildman–Crippen MR) is 58.6 cm³/mol. The standard InChI is InChI=1S/C11H13NOS/c13-7-8-5-6-12-11(8)9-3-1-2-4-10(9)14/h1-4,7-8,11-12,14H,5-6H2/t8-,11-/m0/s1. The maximum atomic E-state index is 10.8. The van der Waals surface area contributed by atoms with Crippen molar-refractivity contribution in [3.63, 3.8) is 0 Å². The Balaban J connectivity index is 2.30. The molecule has 2 nitrogen and oxygen atoms in total. The van der Waals surface area contributed by atoms with Crippen LogP contribution < -0.4 is 5.32 Å². The average Bonchev–Trinajstić information content (AvgIpc) is 2.66. The van der Waals surface area contributed by atoms with Crippen LogP contribution in [0.25, 0.3) is 0 Å². The van der Waals surface area contributed by atoms with Gasteiger partial charge in [0.2, 0.25) is 0 Å². The average molecular weight is 207 g/mol. The third kappa shape index (κ3) is 1.70. The fraction of sp³-hybridized carbons (Fsp3) is 0.364. The summed E-state index contributed by atoms with van der Waals surface area (Å²) in [4.78, 5) is 11.8. The van der Waals surface area contributed by atoms with Crippen LogP contribution in [-0.4, -0.2) is 12.8 Å². The number of rotatable bonds is 2. The Labute approximate surface area is 89.1 Å². The molecule has 0 radical (unpaired) electrons. The molecule has 74 valence electrons. The number of hydrogen-bond donors (Lipinski definition) is 2. The molecule has 1 heterocycles. The molecular weight excluding hydrogens is 194 g/mol. The van der Waals surface area contributed by atoms with Crippen LogP contribution in [0.4, 0.5) is 0 Å². The summed E-state index contributed by atoms with van der Waals surface area (Å²) in [5, 5.41) is 3.33. The number of thiol groups is 1. The highest BCUT2D eigenvalue weighted by Crippen LogP contribution is 2.31. The Hall–Kier alpha value is -0.800. The zero-order valence-electron chi connectivity index (χ0n) is 7.81. The Morgan fingerprint density at radius 3 is 2.93 bits per heavy atom. The van der Waals surface area contributed by atoms with Gasteiger partial charge in [-0.3, -0.25) is 0 Å². The maximum absolute atomic E-state index is 10.8. The number of nitrogens with one attached hydrogen (secondary N) is 1. The number of carbonyl (C=O) groups is 1. The molecule has 1 aliphatic heterocycles. The minimum atomic E-state index is 0.100. The van der Waals surface area contributed by atoms with Crippen LogP contribution in [-0.2, 0) is 4.79 Å². The van der Waals surface area contributed by atoms with E-state index in [0.29, 0.717) is 0 Å². The van der Waals surface area contributed by atoms with Crippen molar-refractivity contribution in [2.45, 2.75) is 17.4 Å². The summed E-state index contributed by atoms with van der Waals surface area (Å²) in [6, 6.07) is 8.08. The van der Waals surface area contributed by atoms with E-state index in [1.807, 2.05) is 24.3 Å². The van der Waals surface area contributed by atoms with Gasteiger partial charge in [0.05, 0.1) is 0 Å². The van der Waals surface area contributed by atoms with Crippen LogP contribution in [0.3, 0.4) is 0 Å². The maximum Gasteiger partial charge on any atom is 0.125 e. The normalized spacial score (nSPS) is 26.4. The van der Waals surface area contributed by atoms with Gasteiger partial charge in [-0.25, -0.2) is 0 Å². The summed E-state index contributed by atoms with van der Waals surface area (Å²) in [5.74, 6) is 0.100. The molecule has 1 aromatic carbocycles. The van der Waals surface area contributed by atoms with E-state index in [1.165, 1.54) is 0 Å². The summed E-state index contributed by atoms with van der Waals surface area (Å²) < 4.78 is 0. The van der Waals surface area contributed by atoms with Gasteiger partial charge in [0.25, 0.3) is 0 Å². The first-order chi connectivity index (χ1) is 6.83. The molecule has 1 aromatic rings. The number of aldehydes is 1. The number of carbonyl (C=O) groups excluding carboxylic acids is 1. The van der Waals surface area contributed by atoms with Crippen molar-refractivity contribution >= 4 is 18.9 Å². The van der Waals surface area contributed by atoms with E-state index in [4.69, 9.17) is 0 Å². The van der Waals surface area contributed by atoms with Gasteiger partial charge in [0.15, 0.2) is 0 Å². The van der Waals surface area contributed by atoms with Gasteiger partial charge in [-0.15, -0.1) is 12.6 Å². The second-order valence-electron chi connectivity index (χ2n) is 3.58. The van der Waals surface area contributed by atoms with Crippen molar-refractivity contribution in [1.82, 2.24) is 5.32 Å². The predicted octanol–water partition coefficient (Wildman–Crippen LogP) is 1.82. The lowest BCUT2D eigenvalue weighted by Gasteiger charge is -2.16. The molecule has 0 amide bonds. The van der Waals surface area contributed by atoms with E-state index in [0.717, 1.165) is 29.7 Å². The zero-order valence-corrected chi connectivity index (χ0v) is 8.71. The van der Waals surface area contributed by atoms with Gasteiger partial charge in [-0.1, -0.05) is 18.2 Å². The largest absolute Gasteiger partial charge is 0.309 e. The second-order valence-corrected chi connectivity index (χ2v) is 4.06. The fourth-order valence-corrected chi connectivity index (χ4v) is 2.26. The third-order valence-electron chi connectivity index (χ3n) is 2.72. The molecule has 0 aliphatic carbocycles. The monoisotopic (exact) mass is 207 g/mol. The molecule has 1 saturated heterocycles. The summed E-state index contributed by atoms with van der Waals surface area (Å²) in [7, 11) is 0. The highest BCUT2D eigenvalue weighted by molar-refractivity contribution is 7.80. The van der Waals surface area contributed by atoms with Gasteiger partial charge in [-0.05, 0) is 24.6 Å². The highest BCUT2D eigenvalue weighted by Gasteiger charge is 2.28. The molecule has 2 rings (SSSR count). The lowest BCUT2D eigenvalue weighted by atomic mass is 9.96. The minimum Gasteiger partial charge on any atom is -0.309 e. The van der Waals surface area contributed by atoms with Crippen molar-refractivity contribution in [1.29, 1.82) is 0 Å². The SMILES string of the molecule is O=C[C@@H]1CCN[C@@H]1c1ccccc1S. The molecule has 0 saturated carbocycles. The molecule has 14 heavy (non-hydrogen) atoms. The molecule has 0 aromatic heterocycles. The van der Waals surface area contributed by atoms with Crippen molar-refractivity contribution in [3.05, 3.63) is 29.8 Å². The van der Waals surface area contributed by atoms with E-state index in [-0.39, 0.29) is 12.0 Å². The molecule has 1 N–H and O–H groups in total.